The third kappa shape index (κ3) is 5.52. The molecule has 2 amide bonds. The Labute approximate surface area is 233 Å². The number of pyridine rings is 1. The number of halogens is 3. The molecule has 0 unspecified atom stereocenters. The van der Waals surface area contributed by atoms with Gasteiger partial charge in [0.05, 0.1) is 17.8 Å². The molecular formula is C27H26F3N5O5S. The number of rotatable bonds is 7. The van der Waals surface area contributed by atoms with E-state index in [-0.39, 0.29) is 29.4 Å². The highest BCUT2D eigenvalue weighted by Gasteiger charge is 2.46. The normalized spacial score (nSPS) is 20.0. The van der Waals surface area contributed by atoms with E-state index in [0.717, 1.165) is 35.8 Å². The Kier molecular flexibility index (Phi) is 6.36. The molecule has 41 heavy (non-hydrogen) atoms. The number of carbonyl (C=O) groups is 2. The van der Waals surface area contributed by atoms with E-state index in [2.05, 4.69) is 20.7 Å². The molecule has 2 aliphatic carbocycles. The third-order valence-electron chi connectivity index (χ3n) is 7.49. The Bertz CT molecular complexity index is 1670. The molecule has 216 valence electrons. The van der Waals surface area contributed by atoms with E-state index in [9.17, 15) is 31.2 Å². The molecule has 2 N–H and O–H groups in total. The average molecular weight is 590 g/mol. The fourth-order valence-corrected chi connectivity index (χ4v) is 6.12. The van der Waals surface area contributed by atoms with Crippen LogP contribution in [0.4, 0.5) is 18.9 Å². The molecule has 3 aromatic rings. The van der Waals surface area contributed by atoms with Crippen molar-refractivity contribution in [2.75, 3.05) is 23.9 Å². The van der Waals surface area contributed by atoms with E-state index in [1.54, 1.807) is 24.4 Å². The van der Waals surface area contributed by atoms with Crippen LogP contribution in [0.15, 0.2) is 36.5 Å². The molecule has 0 bridgehead atoms. The van der Waals surface area contributed by atoms with Crippen LogP contribution in [0.1, 0.15) is 52.4 Å². The van der Waals surface area contributed by atoms with Crippen molar-refractivity contribution in [3.05, 3.63) is 58.9 Å². The van der Waals surface area contributed by atoms with E-state index < -0.39 is 45.7 Å². The average Bonchev–Trinajstić information content (AvgIpc) is 3.60. The van der Waals surface area contributed by atoms with E-state index in [1.165, 1.54) is 10.7 Å². The highest BCUT2D eigenvalue weighted by molar-refractivity contribution is 7.91. The lowest BCUT2D eigenvalue weighted by molar-refractivity contribution is -0.153. The Morgan fingerprint density at radius 1 is 1.24 bits per heavy atom. The van der Waals surface area contributed by atoms with E-state index in [1.807, 2.05) is 6.07 Å². The van der Waals surface area contributed by atoms with Crippen molar-refractivity contribution < 1.29 is 35.9 Å². The number of hydrogen-bond donors (Lipinski definition) is 2. The number of amides is 2. The zero-order valence-corrected chi connectivity index (χ0v) is 22.7. The first-order valence-corrected chi connectivity index (χ1v) is 15.1. The molecule has 1 saturated carbocycles. The quantitative estimate of drug-likeness (QED) is 0.432. The number of alkyl halides is 3. The number of ether oxygens (including phenoxy) is 1. The molecule has 6 rings (SSSR count). The van der Waals surface area contributed by atoms with Crippen LogP contribution in [-0.2, 0) is 33.1 Å². The number of nitrogens with zero attached hydrogens (tertiary/aromatic N) is 3. The number of sulfone groups is 1. The third-order valence-corrected chi connectivity index (χ3v) is 8.28. The van der Waals surface area contributed by atoms with E-state index in [0.29, 0.717) is 24.5 Å². The fourth-order valence-electron chi connectivity index (χ4n) is 5.57. The summed E-state index contributed by atoms with van der Waals surface area (Å²) in [5.74, 6) is -1.58. The molecule has 10 nitrogen and oxygen atoms in total. The van der Waals surface area contributed by atoms with Crippen LogP contribution in [0.25, 0.3) is 11.4 Å². The molecule has 14 heteroatoms. The lowest BCUT2D eigenvalue weighted by Crippen LogP contribution is -2.52. The molecule has 1 fully saturated rings. The molecule has 3 aliphatic rings. The number of fused-ring (bicyclic) bond motifs is 3. The number of carbonyl (C=O) groups excluding carboxylic acids is 2. The minimum Gasteiger partial charge on any atom is -0.484 e. The smallest absolute Gasteiger partial charge is 0.422 e. The van der Waals surface area contributed by atoms with Gasteiger partial charge in [0.2, 0.25) is 5.91 Å². The maximum Gasteiger partial charge on any atom is 0.422 e. The second-order valence-electron chi connectivity index (χ2n) is 10.9. The van der Waals surface area contributed by atoms with Crippen molar-refractivity contribution in [2.45, 2.75) is 49.9 Å². The van der Waals surface area contributed by atoms with Gasteiger partial charge in [-0.05, 0) is 66.5 Å². The second kappa shape index (κ2) is 9.57. The highest BCUT2D eigenvalue weighted by Crippen LogP contribution is 2.44. The Hall–Kier alpha value is -3.94. The van der Waals surface area contributed by atoms with Crippen LogP contribution in [0, 0.1) is 0 Å². The lowest BCUT2D eigenvalue weighted by atomic mass is 9.89. The summed E-state index contributed by atoms with van der Waals surface area (Å²) < 4.78 is 67.7. The van der Waals surface area contributed by atoms with E-state index in [4.69, 9.17) is 4.74 Å². The number of hydrogen-bond acceptors (Lipinski definition) is 7. The first-order valence-electron chi connectivity index (χ1n) is 13.0. The highest BCUT2D eigenvalue weighted by atomic mass is 32.2. The van der Waals surface area contributed by atoms with Gasteiger partial charge in [0.25, 0.3) is 5.91 Å². The molecule has 1 aromatic carbocycles. The number of anilines is 1. The zero-order chi connectivity index (χ0) is 29.2. The van der Waals surface area contributed by atoms with Crippen LogP contribution in [0.3, 0.4) is 0 Å². The maximum atomic E-state index is 13.6. The molecule has 1 atom stereocenters. The van der Waals surface area contributed by atoms with E-state index >= 15 is 0 Å². The van der Waals surface area contributed by atoms with Crippen molar-refractivity contribution in [3.8, 4) is 17.1 Å². The standard InChI is InChI=1S/C27H26F3N5O5S/c1-41(38,39)12-21(36)32-23-22(20-7-4-17(11-31-20)15-2-3-15)34-35-13-26(33-25(37)24(23)35)9-8-16-10-18(5-6-19(16)26)40-14-27(28,29)30/h4-7,10-11,15H,2-3,8-9,12-14H2,1H3,(H,32,36)(H,33,37)/t26-/m0/s1. The van der Waals surface area contributed by atoms with Gasteiger partial charge in [-0.15, -0.1) is 0 Å². The zero-order valence-electron chi connectivity index (χ0n) is 21.9. The molecule has 1 spiro atoms. The van der Waals surface area contributed by atoms with Crippen molar-refractivity contribution in [2.24, 2.45) is 0 Å². The van der Waals surface area contributed by atoms with Crippen molar-refractivity contribution >= 4 is 27.3 Å². The fraction of sp³-hybridized carbons (Fsp3) is 0.407. The van der Waals surface area contributed by atoms with Crippen LogP contribution in [-0.4, -0.2) is 59.8 Å². The summed E-state index contributed by atoms with van der Waals surface area (Å²) in [4.78, 5) is 30.8. The SMILES string of the molecule is CS(=O)(=O)CC(=O)Nc1c(-c2ccc(C3CC3)cn2)nn2c1C(=O)N[C@@]1(CCc3cc(OCC(F)(F)F)ccc31)C2. The predicted octanol–water partition coefficient (Wildman–Crippen LogP) is 3.33. The summed E-state index contributed by atoms with van der Waals surface area (Å²) >= 11 is 0. The minimum absolute atomic E-state index is 0.0547. The van der Waals surface area contributed by atoms with Crippen LogP contribution in [0.5, 0.6) is 5.75 Å². The maximum absolute atomic E-state index is 13.6. The minimum atomic E-state index is -4.46. The summed E-state index contributed by atoms with van der Waals surface area (Å²) in [6.07, 6.45) is 1.35. The molecule has 0 radical (unpaired) electrons. The largest absolute Gasteiger partial charge is 0.484 e. The summed E-state index contributed by atoms with van der Waals surface area (Å²) in [5.41, 5.74) is 2.44. The molecular weight excluding hydrogens is 563 g/mol. The Morgan fingerprint density at radius 3 is 2.68 bits per heavy atom. The molecule has 2 aromatic heterocycles. The van der Waals surface area contributed by atoms with Gasteiger partial charge in [-0.2, -0.15) is 18.3 Å². The Balaban J connectivity index is 1.36. The second-order valence-corrected chi connectivity index (χ2v) is 13.0. The summed E-state index contributed by atoms with van der Waals surface area (Å²) in [7, 11) is -3.64. The monoisotopic (exact) mass is 589 g/mol. The van der Waals surface area contributed by atoms with Gasteiger partial charge in [0.1, 0.15) is 22.9 Å². The van der Waals surface area contributed by atoms with Crippen LogP contribution in [0.2, 0.25) is 0 Å². The summed E-state index contributed by atoms with van der Waals surface area (Å²) in [6, 6.07) is 8.32. The predicted molar refractivity (Wildman–Crippen MR) is 141 cm³/mol. The van der Waals surface area contributed by atoms with Crippen LogP contribution >= 0.6 is 0 Å². The van der Waals surface area contributed by atoms with Gasteiger partial charge < -0.3 is 15.4 Å². The first-order chi connectivity index (χ1) is 19.3. The van der Waals surface area contributed by atoms with Gasteiger partial charge >= 0.3 is 6.18 Å². The molecule has 0 saturated heterocycles. The topological polar surface area (TPSA) is 132 Å². The summed E-state index contributed by atoms with van der Waals surface area (Å²) in [5, 5.41) is 10.3. The van der Waals surface area contributed by atoms with Gasteiger partial charge in [0, 0.05) is 12.5 Å². The Morgan fingerprint density at radius 2 is 2.02 bits per heavy atom. The van der Waals surface area contributed by atoms with Crippen molar-refractivity contribution in [1.29, 1.82) is 0 Å². The molecule has 1 aliphatic heterocycles. The first kappa shape index (κ1) is 27.2. The number of aryl methyl sites for hydroxylation is 1. The van der Waals surface area contributed by atoms with Crippen LogP contribution < -0.4 is 15.4 Å². The van der Waals surface area contributed by atoms with Gasteiger partial charge in [-0.1, -0.05) is 12.1 Å². The lowest BCUT2D eigenvalue weighted by Gasteiger charge is -2.36. The molecule has 3 heterocycles. The van der Waals surface area contributed by atoms with Crippen molar-refractivity contribution in [3.63, 3.8) is 0 Å². The number of nitrogens with one attached hydrogen (secondary N) is 2. The summed E-state index contributed by atoms with van der Waals surface area (Å²) in [6.45, 7) is -1.23. The van der Waals surface area contributed by atoms with Gasteiger partial charge in [-0.3, -0.25) is 19.3 Å². The van der Waals surface area contributed by atoms with Gasteiger partial charge in [-0.25, -0.2) is 8.42 Å². The van der Waals surface area contributed by atoms with Crippen molar-refractivity contribution in [1.82, 2.24) is 20.1 Å². The number of benzene rings is 1. The van der Waals surface area contributed by atoms with Gasteiger partial charge in [0.15, 0.2) is 22.1 Å². The number of aromatic nitrogens is 3.